The molecule has 2 rings (SSSR count). The second-order valence-electron chi connectivity index (χ2n) is 4.02. The van der Waals surface area contributed by atoms with Gasteiger partial charge in [0.05, 0.1) is 6.20 Å². The monoisotopic (exact) mass is 325 g/mol. The van der Waals surface area contributed by atoms with E-state index in [0.717, 1.165) is 4.31 Å². The topological polar surface area (TPSA) is 100 Å². The summed E-state index contributed by atoms with van der Waals surface area (Å²) in [5.74, 6) is 0.778. The zero-order valence-electron chi connectivity index (χ0n) is 10.3. The summed E-state index contributed by atoms with van der Waals surface area (Å²) in [6.45, 7) is 1.71. The lowest BCUT2D eigenvalue weighted by Crippen LogP contribution is -2.50. The van der Waals surface area contributed by atoms with Crippen LogP contribution in [0.5, 0.6) is 0 Å². The van der Waals surface area contributed by atoms with E-state index in [1.54, 1.807) is 0 Å². The zero-order chi connectivity index (χ0) is 14.1. The number of hydrogen-bond acceptors (Lipinski definition) is 6. The maximum absolute atomic E-state index is 12.4. The Morgan fingerprint density at radius 1 is 1.47 bits per heavy atom. The summed E-state index contributed by atoms with van der Waals surface area (Å²) in [5.41, 5.74) is 0. The third kappa shape index (κ3) is 2.81. The molecule has 108 valence electrons. The molecule has 1 aliphatic heterocycles. The van der Waals surface area contributed by atoms with Crippen molar-refractivity contribution in [3.05, 3.63) is 12.3 Å². The number of H-pyrrole nitrogens is 1. The van der Waals surface area contributed by atoms with E-state index in [4.69, 9.17) is 0 Å². The van der Waals surface area contributed by atoms with Crippen LogP contribution in [0.1, 0.15) is 6.92 Å². The van der Waals surface area contributed by atoms with Crippen molar-refractivity contribution in [1.82, 2.24) is 14.5 Å². The number of aromatic amines is 1. The maximum atomic E-state index is 12.4. The van der Waals surface area contributed by atoms with E-state index in [9.17, 15) is 16.8 Å². The van der Waals surface area contributed by atoms with Gasteiger partial charge in [0.2, 0.25) is 0 Å². The molecular formula is C9H15N3O4S3. The minimum absolute atomic E-state index is 0.0734. The van der Waals surface area contributed by atoms with Crippen LogP contribution in [0.4, 0.5) is 0 Å². The van der Waals surface area contributed by atoms with Crippen molar-refractivity contribution < 1.29 is 16.8 Å². The van der Waals surface area contributed by atoms with Crippen molar-refractivity contribution in [2.75, 3.05) is 23.8 Å². The lowest BCUT2D eigenvalue weighted by molar-refractivity contribution is 0.402. The Labute approximate surface area is 116 Å². The zero-order valence-corrected chi connectivity index (χ0v) is 12.8. The van der Waals surface area contributed by atoms with Gasteiger partial charge >= 0.3 is 0 Å². The first kappa shape index (κ1) is 14.8. The largest absolute Gasteiger partial charge is 0.266 e. The van der Waals surface area contributed by atoms with Gasteiger partial charge < -0.3 is 0 Å². The first-order valence-corrected chi connectivity index (χ1v) is 10.0. The molecule has 1 unspecified atom stereocenters. The van der Waals surface area contributed by atoms with Gasteiger partial charge in [-0.3, -0.25) is 5.10 Å². The molecule has 1 saturated heterocycles. The van der Waals surface area contributed by atoms with Gasteiger partial charge in [0.25, 0.3) is 10.0 Å². The fourth-order valence-electron chi connectivity index (χ4n) is 1.83. The lowest BCUT2D eigenvalue weighted by atomic mass is 10.6. The van der Waals surface area contributed by atoms with Gasteiger partial charge in [0.15, 0.2) is 14.9 Å². The molecule has 0 bridgehead atoms. The van der Waals surface area contributed by atoms with Crippen molar-refractivity contribution in [2.45, 2.75) is 17.3 Å². The smallest absolute Gasteiger partial charge is 0.261 e. The number of rotatable bonds is 4. The number of aromatic nitrogens is 2. The maximum Gasteiger partial charge on any atom is 0.261 e. The normalized spacial score (nSPS) is 22.5. The summed E-state index contributed by atoms with van der Waals surface area (Å²) in [6.07, 6.45) is 1.33. The van der Waals surface area contributed by atoms with Crippen molar-refractivity contribution in [3.8, 4) is 0 Å². The first-order valence-electron chi connectivity index (χ1n) is 5.70. The van der Waals surface area contributed by atoms with E-state index < -0.39 is 25.2 Å². The molecule has 0 aliphatic carbocycles. The number of sulfonamides is 1. The number of thioether (sulfide) groups is 1. The van der Waals surface area contributed by atoms with Crippen LogP contribution >= 0.6 is 11.8 Å². The van der Waals surface area contributed by atoms with Gasteiger partial charge in [-0.1, -0.05) is 6.92 Å². The Balaban J connectivity index is 2.41. The first-order chi connectivity index (χ1) is 8.89. The van der Waals surface area contributed by atoms with E-state index in [1.165, 1.54) is 30.9 Å². The highest BCUT2D eigenvalue weighted by atomic mass is 32.2. The van der Waals surface area contributed by atoms with Gasteiger partial charge in [-0.15, -0.1) is 0 Å². The highest BCUT2D eigenvalue weighted by Crippen LogP contribution is 2.26. The molecule has 1 fully saturated rings. The van der Waals surface area contributed by atoms with Crippen LogP contribution in [0.15, 0.2) is 17.3 Å². The van der Waals surface area contributed by atoms with Crippen LogP contribution in [-0.2, 0) is 19.9 Å². The summed E-state index contributed by atoms with van der Waals surface area (Å²) in [6, 6.07) is 1.33. The third-order valence-electron chi connectivity index (χ3n) is 2.92. The fourth-order valence-corrected chi connectivity index (χ4v) is 6.98. The molecule has 1 N–H and O–H groups in total. The molecule has 1 atom stereocenters. The summed E-state index contributed by atoms with van der Waals surface area (Å²) in [5, 5.41) is 4.92. The molecule has 1 aromatic heterocycles. The van der Waals surface area contributed by atoms with Gasteiger partial charge in [0, 0.05) is 23.8 Å². The van der Waals surface area contributed by atoms with Crippen LogP contribution in [0, 0.1) is 0 Å². The fraction of sp³-hybridized carbons (Fsp3) is 0.667. The molecule has 19 heavy (non-hydrogen) atoms. The van der Waals surface area contributed by atoms with E-state index >= 15 is 0 Å². The van der Waals surface area contributed by atoms with Crippen molar-refractivity contribution >= 4 is 31.6 Å². The van der Waals surface area contributed by atoms with E-state index in [0.29, 0.717) is 5.75 Å². The Bertz CT molecular complexity index is 624. The minimum atomic E-state index is -3.84. The quantitative estimate of drug-likeness (QED) is 0.830. The SMILES string of the molecule is CCS(=O)(=O)C1CSCCN1S(=O)(=O)c1ccn[nH]1. The van der Waals surface area contributed by atoms with Crippen molar-refractivity contribution in [2.24, 2.45) is 0 Å². The Kier molecular flexibility index (Phi) is 4.23. The van der Waals surface area contributed by atoms with Crippen LogP contribution in [0.3, 0.4) is 0 Å². The molecule has 0 spiro atoms. The molecule has 0 radical (unpaired) electrons. The third-order valence-corrected chi connectivity index (χ3v) is 8.18. The molecule has 1 aromatic rings. The second kappa shape index (κ2) is 5.43. The van der Waals surface area contributed by atoms with Crippen LogP contribution in [0.25, 0.3) is 0 Å². The molecule has 7 nitrogen and oxygen atoms in total. The number of nitrogens with zero attached hydrogens (tertiary/aromatic N) is 2. The minimum Gasteiger partial charge on any atom is -0.266 e. The highest BCUT2D eigenvalue weighted by Gasteiger charge is 2.40. The average molecular weight is 325 g/mol. The highest BCUT2D eigenvalue weighted by molar-refractivity contribution is 8.01. The standard InChI is InChI=1S/C9H15N3O4S3/c1-2-18(13,14)9-7-17-6-5-12(9)19(15,16)8-3-4-10-11-8/h3-4,9H,2,5-7H2,1H3,(H,10,11). The Hall–Kier alpha value is -0.580. The number of sulfone groups is 1. The van der Waals surface area contributed by atoms with E-state index in [1.807, 2.05) is 0 Å². The number of nitrogens with one attached hydrogen (secondary N) is 1. The molecule has 0 amide bonds. The van der Waals surface area contributed by atoms with Crippen molar-refractivity contribution in [3.63, 3.8) is 0 Å². The predicted molar refractivity (Wildman–Crippen MR) is 73.1 cm³/mol. The molecule has 0 saturated carbocycles. The van der Waals surface area contributed by atoms with Gasteiger partial charge in [-0.25, -0.2) is 16.8 Å². The molecular weight excluding hydrogens is 310 g/mol. The van der Waals surface area contributed by atoms with Gasteiger partial charge in [0.1, 0.15) is 5.37 Å². The summed E-state index contributed by atoms with van der Waals surface area (Å²) >= 11 is 1.45. The summed E-state index contributed by atoms with van der Waals surface area (Å²) in [4.78, 5) is 0. The molecule has 1 aliphatic rings. The van der Waals surface area contributed by atoms with E-state index in [-0.39, 0.29) is 23.1 Å². The summed E-state index contributed by atoms with van der Waals surface area (Å²) < 4.78 is 49.9. The molecule has 0 aromatic carbocycles. The molecule has 10 heteroatoms. The molecule has 2 heterocycles. The lowest BCUT2D eigenvalue weighted by Gasteiger charge is -2.33. The van der Waals surface area contributed by atoms with Crippen LogP contribution in [0.2, 0.25) is 0 Å². The van der Waals surface area contributed by atoms with Crippen molar-refractivity contribution in [1.29, 1.82) is 0 Å². The van der Waals surface area contributed by atoms with Gasteiger partial charge in [-0.05, 0) is 6.07 Å². The second-order valence-corrected chi connectivity index (χ2v) is 9.47. The van der Waals surface area contributed by atoms with Gasteiger partial charge in [-0.2, -0.15) is 21.2 Å². The average Bonchev–Trinajstić information content (AvgIpc) is 2.93. The predicted octanol–water partition coefficient (Wildman–Crippen LogP) is -0.0920. The number of hydrogen-bond donors (Lipinski definition) is 1. The van der Waals surface area contributed by atoms with Crippen LogP contribution < -0.4 is 0 Å². The Morgan fingerprint density at radius 3 is 2.79 bits per heavy atom. The summed E-state index contributed by atoms with van der Waals surface area (Å²) in [7, 11) is -7.29. The Morgan fingerprint density at radius 2 is 2.21 bits per heavy atom. The van der Waals surface area contributed by atoms with E-state index in [2.05, 4.69) is 10.2 Å². The van der Waals surface area contributed by atoms with Crippen LogP contribution in [-0.4, -0.2) is 60.5 Å².